The summed E-state index contributed by atoms with van der Waals surface area (Å²) in [5, 5.41) is 0.526. The zero-order valence-electron chi connectivity index (χ0n) is 13.5. The average molecular weight is 325 g/mol. The quantitative estimate of drug-likeness (QED) is 0.391. The van der Waals surface area contributed by atoms with Crippen LogP contribution in [0.25, 0.3) is 5.57 Å². The first kappa shape index (κ1) is 16.1. The average Bonchev–Trinajstić information content (AvgIpc) is 2.61. The Balaban J connectivity index is 2.08. The van der Waals surface area contributed by atoms with Gasteiger partial charge in [-0.2, -0.15) is 5.01 Å². The lowest BCUT2D eigenvalue weighted by molar-refractivity contribution is -0.136. The van der Waals surface area contributed by atoms with Crippen LogP contribution in [0.5, 0.6) is 0 Å². The Labute approximate surface area is 140 Å². The first-order valence-electron chi connectivity index (χ1n) is 7.98. The molecule has 6 nitrogen and oxygen atoms in total. The van der Waals surface area contributed by atoms with E-state index in [1.807, 2.05) is 36.4 Å². The van der Waals surface area contributed by atoms with Crippen LogP contribution in [0.15, 0.2) is 47.6 Å². The summed E-state index contributed by atoms with van der Waals surface area (Å²) >= 11 is 0. The molecule has 1 aromatic rings. The summed E-state index contributed by atoms with van der Waals surface area (Å²) in [6, 6.07) is 9.07. The van der Waals surface area contributed by atoms with E-state index in [-0.39, 0.29) is 12.1 Å². The molecule has 1 saturated heterocycles. The highest BCUT2D eigenvalue weighted by Crippen LogP contribution is 2.32. The number of carbonyl (C=O) groups is 3. The van der Waals surface area contributed by atoms with Crippen LogP contribution in [-0.2, 0) is 9.59 Å². The highest BCUT2D eigenvalue weighted by Gasteiger charge is 2.41. The van der Waals surface area contributed by atoms with Crippen LogP contribution in [0, 0.1) is 0 Å². The molecule has 1 aliphatic heterocycles. The predicted molar refractivity (Wildman–Crippen MR) is 89.1 cm³/mol. The summed E-state index contributed by atoms with van der Waals surface area (Å²) in [5.41, 5.74) is 2.80. The van der Waals surface area contributed by atoms with Crippen LogP contribution in [0.3, 0.4) is 0 Å². The fourth-order valence-corrected chi connectivity index (χ4v) is 3.11. The fraction of sp³-hybridized carbons (Fsp3) is 0.278. The van der Waals surface area contributed by atoms with E-state index in [0.29, 0.717) is 17.0 Å². The van der Waals surface area contributed by atoms with Crippen molar-refractivity contribution in [2.75, 3.05) is 6.54 Å². The second-order valence-electron chi connectivity index (χ2n) is 5.80. The van der Waals surface area contributed by atoms with Crippen LogP contribution in [0.2, 0.25) is 0 Å². The first-order valence-corrected chi connectivity index (χ1v) is 7.98. The van der Waals surface area contributed by atoms with Crippen molar-refractivity contribution in [3.8, 4) is 0 Å². The van der Waals surface area contributed by atoms with Crippen molar-refractivity contribution in [3.63, 3.8) is 0 Å². The maximum absolute atomic E-state index is 12.6. The third-order valence-electron chi connectivity index (χ3n) is 4.35. The highest BCUT2D eigenvalue weighted by atomic mass is 16.2. The van der Waals surface area contributed by atoms with Crippen molar-refractivity contribution >= 4 is 23.4 Å². The number of amides is 4. The Morgan fingerprint density at radius 2 is 1.75 bits per heavy atom. The van der Waals surface area contributed by atoms with Crippen LogP contribution in [-0.4, -0.2) is 34.3 Å². The molecule has 0 radical (unpaired) electrons. The molecule has 1 aromatic carbocycles. The number of carbonyl (C=O) groups excluding carboxylic acids is 3. The lowest BCUT2D eigenvalue weighted by atomic mass is 9.87. The van der Waals surface area contributed by atoms with Gasteiger partial charge in [-0.1, -0.05) is 36.4 Å². The van der Waals surface area contributed by atoms with Crippen LogP contribution < -0.4 is 5.84 Å². The summed E-state index contributed by atoms with van der Waals surface area (Å²) in [5.74, 6) is 4.29. The molecule has 0 aromatic heterocycles. The third-order valence-corrected chi connectivity index (χ3v) is 4.35. The van der Waals surface area contributed by atoms with Gasteiger partial charge < -0.3 is 0 Å². The summed E-state index contributed by atoms with van der Waals surface area (Å²) in [4.78, 5) is 37.9. The number of hydrazine groups is 1. The van der Waals surface area contributed by atoms with Gasteiger partial charge in [-0.05, 0) is 42.9 Å². The molecule has 1 aliphatic carbocycles. The summed E-state index contributed by atoms with van der Waals surface area (Å²) in [7, 11) is 0. The SMILES string of the molecule is CCN1C(=O)/C(=C2/C=C(c3ccccc3)CCC2)C(=O)N(N)C1=O. The van der Waals surface area contributed by atoms with Crippen LogP contribution >= 0.6 is 0 Å². The Hall–Kier alpha value is -2.73. The van der Waals surface area contributed by atoms with Crippen molar-refractivity contribution in [1.82, 2.24) is 9.91 Å². The van der Waals surface area contributed by atoms with Gasteiger partial charge in [0.25, 0.3) is 11.8 Å². The number of urea groups is 1. The van der Waals surface area contributed by atoms with E-state index < -0.39 is 17.8 Å². The molecule has 4 amide bonds. The second-order valence-corrected chi connectivity index (χ2v) is 5.80. The number of hydrogen-bond donors (Lipinski definition) is 1. The Bertz CT molecular complexity index is 765. The number of rotatable bonds is 2. The van der Waals surface area contributed by atoms with Crippen molar-refractivity contribution in [2.24, 2.45) is 5.84 Å². The van der Waals surface area contributed by atoms with E-state index in [0.717, 1.165) is 28.9 Å². The van der Waals surface area contributed by atoms with Crippen molar-refractivity contribution < 1.29 is 14.4 Å². The van der Waals surface area contributed by atoms with Crippen LogP contribution in [0.1, 0.15) is 31.7 Å². The zero-order chi connectivity index (χ0) is 17.3. The predicted octanol–water partition coefficient (Wildman–Crippen LogP) is 2.23. The molecule has 0 bridgehead atoms. The summed E-state index contributed by atoms with van der Waals surface area (Å²) < 4.78 is 0. The van der Waals surface area contributed by atoms with Gasteiger partial charge in [-0.3, -0.25) is 14.5 Å². The molecule has 0 atom stereocenters. The molecule has 2 N–H and O–H groups in total. The molecule has 124 valence electrons. The van der Waals surface area contributed by atoms with Gasteiger partial charge in [0, 0.05) is 6.54 Å². The number of benzene rings is 1. The van der Waals surface area contributed by atoms with Crippen LogP contribution in [0.4, 0.5) is 4.79 Å². The molecule has 0 spiro atoms. The van der Waals surface area contributed by atoms with Crippen molar-refractivity contribution in [2.45, 2.75) is 26.2 Å². The van der Waals surface area contributed by atoms with E-state index >= 15 is 0 Å². The van der Waals surface area contributed by atoms with E-state index in [4.69, 9.17) is 5.84 Å². The van der Waals surface area contributed by atoms with Gasteiger partial charge in [0.1, 0.15) is 5.57 Å². The molecule has 6 heteroatoms. The summed E-state index contributed by atoms with van der Waals surface area (Å²) in [6.07, 6.45) is 4.22. The summed E-state index contributed by atoms with van der Waals surface area (Å²) in [6.45, 7) is 1.85. The Morgan fingerprint density at radius 3 is 2.42 bits per heavy atom. The van der Waals surface area contributed by atoms with Gasteiger partial charge in [-0.25, -0.2) is 10.6 Å². The maximum atomic E-state index is 12.6. The third kappa shape index (κ3) is 2.65. The minimum atomic E-state index is -0.778. The maximum Gasteiger partial charge on any atom is 0.348 e. The van der Waals surface area contributed by atoms with Gasteiger partial charge in [0.05, 0.1) is 0 Å². The molecular formula is C18H19N3O3. The molecule has 1 heterocycles. The number of allylic oxidation sites excluding steroid dienone is 3. The van der Waals surface area contributed by atoms with Crippen molar-refractivity contribution in [1.29, 1.82) is 0 Å². The zero-order valence-corrected chi connectivity index (χ0v) is 13.5. The standard InChI is InChI=1S/C18H19N3O3/c1-2-20-16(22)15(17(23)21(19)18(20)24)14-10-6-9-13(11-14)12-7-4-3-5-8-12/h3-5,7-8,11H,2,6,9-10,19H2,1H3/b15-14-. The van der Waals surface area contributed by atoms with E-state index in [1.54, 1.807) is 6.92 Å². The lowest BCUT2D eigenvalue weighted by Gasteiger charge is -2.31. The molecule has 0 unspecified atom stereocenters. The van der Waals surface area contributed by atoms with E-state index in [2.05, 4.69) is 0 Å². The number of barbiturate groups is 1. The first-order chi connectivity index (χ1) is 11.5. The largest absolute Gasteiger partial charge is 0.348 e. The Kier molecular flexibility index (Phi) is 4.31. The second kappa shape index (κ2) is 6.41. The van der Waals surface area contributed by atoms with Gasteiger partial charge >= 0.3 is 6.03 Å². The molecule has 24 heavy (non-hydrogen) atoms. The Morgan fingerprint density at radius 1 is 1.04 bits per heavy atom. The molecule has 3 rings (SSSR count). The van der Waals surface area contributed by atoms with Gasteiger partial charge in [-0.15, -0.1) is 0 Å². The normalized spacial score (nSPS) is 22.1. The minimum Gasteiger partial charge on any atom is -0.268 e. The number of imide groups is 2. The monoisotopic (exact) mass is 325 g/mol. The van der Waals surface area contributed by atoms with Crippen molar-refractivity contribution in [3.05, 3.63) is 53.1 Å². The molecule has 1 fully saturated rings. The minimum absolute atomic E-state index is 0.00656. The highest BCUT2D eigenvalue weighted by molar-refractivity contribution is 6.29. The molecule has 0 saturated carbocycles. The smallest absolute Gasteiger partial charge is 0.268 e. The molecule has 2 aliphatic rings. The molecular weight excluding hydrogens is 306 g/mol. The van der Waals surface area contributed by atoms with E-state index in [1.165, 1.54) is 0 Å². The fourth-order valence-electron chi connectivity index (χ4n) is 3.11. The van der Waals surface area contributed by atoms with E-state index in [9.17, 15) is 14.4 Å². The number of likely N-dealkylation sites (N-methyl/N-ethyl adjacent to an activating group) is 1. The number of nitrogens with zero attached hydrogens (tertiary/aromatic N) is 2. The lowest BCUT2D eigenvalue weighted by Crippen LogP contribution is -2.59. The van der Waals surface area contributed by atoms with Gasteiger partial charge in [0.2, 0.25) is 0 Å². The topological polar surface area (TPSA) is 83.7 Å². The van der Waals surface area contributed by atoms with Gasteiger partial charge in [0.15, 0.2) is 0 Å². The number of nitrogens with two attached hydrogens (primary N) is 1. The number of hydrogen-bond acceptors (Lipinski definition) is 4.